The van der Waals surface area contributed by atoms with E-state index in [-0.39, 0.29) is 0 Å². The smallest absolute Gasteiger partial charge is 0.164 e. The summed E-state index contributed by atoms with van der Waals surface area (Å²) in [6.45, 7) is 0. The van der Waals surface area contributed by atoms with Gasteiger partial charge in [0.2, 0.25) is 0 Å². The molecule has 0 aliphatic heterocycles. The Hall–Kier alpha value is -4.41. The molecule has 1 aromatic heterocycles. The Bertz CT molecular complexity index is 1950. The van der Waals surface area contributed by atoms with Crippen LogP contribution in [0.25, 0.3) is 66.5 Å². The van der Waals surface area contributed by atoms with E-state index in [0.717, 1.165) is 37.3 Å². The molecule has 0 aliphatic carbocycles. The molecule has 1 heterocycles. The van der Waals surface area contributed by atoms with Crippen LogP contribution in [-0.2, 0) is 0 Å². The molecule has 0 N–H and O–H groups in total. The number of benzene rings is 6. The van der Waals surface area contributed by atoms with Crippen LogP contribution in [0.2, 0.25) is 0 Å². The van der Waals surface area contributed by atoms with Crippen LogP contribution in [0.15, 0.2) is 126 Å². The molecule has 7 aromatic rings. The molecule has 0 aliphatic rings. The molecule has 0 bridgehead atoms. The topological polar surface area (TPSA) is 38.7 Å². The molecule has 0 spiro atoms. The number of hydrogen-bond acceptors (Lipinski definition) is 3. The highest BCUT2D eigenvalue weighted by Crippen LogP contribution is 2.35. The first-order chi connectivity index (χ1) is 18.2. The highest BCUT2D eigenvalue weighted by molar-refractivity contribution is 9.10. The van der Waals surface area contributed by atoms with Crippen molar-refractivity contribution in [2.24, 2.45) is 0 Å². The molecule has 7 rings (SSSR count). The first kappa shape index (κ1) is 21.8. The van der Waals surface area contributed by atoms with Gasteiger partial charge in [0.25, 0.3) is 0 Å². The number of halogens is 1. The maximum Gasteiger partial charge on any atom is 0.164 e. The van der Waals surface area contributed by atoms with Gasteiger partial charge in [0.15, 0.2) is 17.5 Å². The third-order valence-electron chi connectivity index (χ3n) is 6.74. The van der Waals surface area contributed by atoms with Crippen molar-refractivity contribution in [2.45, 2.75) is 0 Å². The summed E-state index contributed by atoms with van der Waals surface area (Å²) in [4.78, 5) is 15.0. The second-order valence-electron chi connectivity index (χ2n) is 9.07. The van der Waals surface area contributed by atoms with Crippen molar-refractivity contribution >= 4 is 48.2 Å². The van der Waals surface area contributed by atoms with Gasteiger partial charge in [-0.2, -0.15) is 0 Å². The van der Waals surface area contributed by atoms with E-state index in [9.17, 15) is 0 Å². The Labute approximate surface area is 222 Å². The molecule has 174 valence electrons. The largest absolute Gasteiger partial charge is 0.208 e. The van der Waals surface area contributed by atoms with E-state index in [1.54, 1.807) is 0 Å². The molecule has 3 nitrogen and oxygen atoms in total. The SMILES string of the molecule is Brc1ccc2ccc(-c3nc(-c4ccccc4)nc(-c4cc5ccccc5c5ccccc45)n3)cc2c1. The summed E-state index contributed by atoms with van der Waals surface area (Å²) in [5.41, 5.74) is 2.91. The van der Waals surface area contributed by atoms with Crippen LogP contribution in [0.4, 0.5) is 0 Å². The average Bonchev–Trinajstić information content (AvgIpc) is 2.96. The molecule has 4 heteroatoms. The molecule has 0 amide bonds. The van der Waals surface area contributed by atoms with Gasteiger partial charge in [0, 0.05) is 21.2 Å². The summed E-state index contributed by atoms with van der Waals surface area (Å²) in [6, 6.07) is 41.9. The first-order valence-electron chi connectivity index (χ1n) is 12.1. The highest BCUT2D eigenvalue weighted by Gasteiger charge is 2.16. The second-order valence-corrected chi connectivity index (χ2v) is 9.99. The van der Waals surface area contributed by atoms with Gasteiger partial charge in [-0.3, -0.25) is 0 Å². The summed E-state index contributed by atoms with van der Waals surface area (Å²) in [7, 11) is 0. The lowest BCUT2D eigenvalue weighted by Gasteiger charge is -2.12. The Morgan fingerprint density at radius 2 is 1.05 bits per heavy atom. The number of nitrogens with zero attached hydrogens (tertiary/aromatic N) is 3. The molecule has 0 atom stereocenters. The van der Waals surface area contributed by atoms with Crippen molar-refractivity contribution in [2.75, 3.05) is 0 Å². The summed E-state index contributed by atoms with van der Waals surface area (Å²) in [5, 5.41) is 7.00. The summed E-state index contributed by atoms with van der Waals surface area (Å²) < 4.78 is 1.04. The van der Waals surface area contributed by atoms with E-state index in [0.29, 0.717) is 17.5 Å². The lowest BCUT2D eigenvalue weighted by molar-refractivity contribution is 1.08. The van der Waals surface area contributed by atoms with E-state index >= 15 is 0 Å². The third kappa shape index (κ3) is 3.96. The highest BCUT2D eigenvalue weighted by atomic mass is 79.9. The van der Waals surface area contributed by atoms with E-state index in [2.05, 4.69) is 107 Å². The zero-order valence-electron chi connectivity index (χ0n) is 19.8. The standard InChI is InChI=1S/C33H20BrN3/c34-26-17-16-21-14-15-24(18-25(21)19-26)32-35-31(22-8-2-1-3-9-22)36-33(37-32)30-20-23-10-4-5-11-27(23)28-12-6-7-13-29(28)30/h1-20H. The van der Waals surface area contributed by atoms with Crippen LogP contribution < -0.4 is 0 Å². The predicted molar refractivity (Wildman–Crippen MR) is 156 cm³/mol. The summed E-state index contributed by atoms with van der Waals surface area (Å²) >= 11 is 3.60. The Balaban J connectivity index is 1.52. The molecular formula is C33H20BrN3. The fourth-order valence-electron chi connectivity index (χ4n) is 4.94. The molecule has 0 saturated heterocycles. The van der Waals surface area contributed by atoms with Gasteiger partial charge in [-0.05, 0) is 56.6 Å². The molecule has 0 unspecified atom stereocenters. The van der Waals surface area contributed by atoms with Gasteiger partial charge in [0.1, 0.15) is 0 Å². The van der Waals surface area contributed by atoms with Crippen molar-refractivity contribution in [3.63, 3.8) is 0 Å². The lowest BCUT2D eigenvalue weighted by atomic mass is 9.97. The molecule has 0 radical (unpaired) electrons. The van der Waals surface area contributed by atoms with Crippen LogP contribution in [-0.4, -0.2) is 15.0 Å². The van der Waals surface area contributed by atoms with Crippen LogP contribution in [0.1, 0.15) is 0 Å². The minimum atomic E-state index is 0.656. The maximum atomic E-state index is 5.05. The fourth-order valence-corrected chi connectivity index (χ4v) is 5.32. The monoisotopic (exact) mass is 537 g/mol. The molecule has 0 saturated carbocycles. The van der Waals surface area contributed by atoms with Crippen LogP contribution in [0, 0.1) is 0 Å². The van der Waals surface area contributed by atoms with Gasteiger partial charge in [-0.25, -0.2) is 15.0 Å². The Kier molecular flexibility index (Phi) is 5.26. The number of hydrogen-bond donors (Lipinski definition) is 0. The van der Waals surface area contributed by atoms with E-state index in [1.807, 2.05) is 30.3 Å². The maximum absolute atomic E-state index is 5.05. The quantitative estimate of drug-likeness (QED) is 0.211. The minimum absolute atomic E-state index is 0.656. The molecule has 0 fully saturated rings. The number of aromatic nitrogens is 3. The summed E-state index contributed by atoms with van der Waals surface area (Å²) in [5.74, 6) is 1.98. The zero-order chi connectivity index (χ0) is 24.8. The first-order valence-corrected chi connectivity index (χ1v) is 12.9. The second kappa shape index (κ2) is 8.91. The number of fused-ring (bicyclic) bond motifs is 4. The molecule has 6 aromatic carbocycles. The lowest BCUT2D eigenvalue weighted by Crippen LogP contribution is -2.00. The summed E-state index contributed by atoms with van der Waals surface area (Å²) in [6.07, 6.45) is 0. The fraction of sp³-hybridized carbons (Fsp3) is 0. The zero-order valence-corrected chi connectivity index (χ0v) is 21.4. The average molecular weight is 538 g/mol. The van der Waals surface area contributed by atoms with Crippen molar-refractivity contribution in [3.8, 4) is 34.2 Å². The van der Waals surface area contributed by atoms with Crippen molar-refractivity contribution < 1.29 is 0 Å². The Morgan fingerprint density at radius 3 is 1.89 bits per heavy atom. The van der Waals surface area contributed by atoms with E-state index in [1.165, 1.54) is 16.2 Å². The van der Waals surface area contributed by atoms with E-state index in [4.69, 9.17) is 15.0 Å². The van der Waals surface area contributed by atoms with Crippen LogP contribution in [0.3, 0.4) is 0 Å². The number of rotatable bonds is 3. The van der Waals surface area contributed by atoms with Crippen molar-refractivity contribution in [1.82, 2.24) is 15.0 Å². The van der Waals surface area contributed by atoms with Crippen molar-refractivity contribution in [1.29, 1.82) is 0 Å². The predicted octanol–water partition coefficient (Wildman–Crippen LogP) is 9.09. The van der Waals surface area contributed by atoms with E-state index < -0.39 is 0 Å². The van der Waals surface area contributed by atoms with Gasteiger partial charge in [-0.15, -0.1) is 0 Å². The van der Waals surface area contributed by atoms with Gasteiger partial charge in [0.05, 0.1) is 0 Å². The van der Waals surface area contributed by atoms with Gasteiger partial charge < -0.3 is 0 Å². The van der Waals surface area contributed by atoms with Crippen molar-refractivity contribution in [3.05, 3.63) is 126 Å². The molecular weight excluding hydrogens is 518 g/mol. The normalized spacial score (nSPS) is 11.4. The minimum Gasteiger partial charge on any atom is -0.208 e. The van der Waals surface area contributed by atoms with Gasteiger partial charge in [-0.1, -0.05) is 113 Å². The Morgan fingerprint density at radius 1 is 0.405 bits per heavy atom. The van der Waals surface area contributed by atoms with Crippen LogP contribution in [0.5, 0.6) is 0 Å². The molecule has 37 heavy (non-hydrogen) atoms. The third-order valence-corrected chi connectivity index (χ3v) is 7.23. The van der Waals surface area contributed by atoms with Gasteiger partial charge >= 0.3 is 0 Å². The van der Waals surface area contributed by atoms with Crippen LogP contribution >= 0.6 is 15.9 Å².